The van der Waals surface area contributed by atoms with Gasteiger partial charge in [-0.15, -0.1) is 13.2 Å². The van der Waals surface area contributed by atoms with E-state index in [1.54, 1.807) is 34.8 Å². The highest BCUT2D eigenvalue weighted by molar-refractivity contribution is 8.00. The Morgan fingerprint density at radius 3 is 2.39 bits per heavy atom. The molecule has 204 valence electrons. The molecule has 2 aromatic carbocycles. The molecule has 0 atom stereocenters. The highest BCUT2D eigenvalue weighted by Gasteiger charge is 2.33. The Labute approximate surface area is 217 Å². The van der Waals surface area contributed by atoms with E-state index in [1.165, 1.54) is 12.1 Å². The van der Waals surface area contributed by atoms with Gasteiger partial charge in [-0.05, 0) is 60.6 Å². The van der Waals surface area contributed by atoms with E-state index in [0.29, 0.717) is 36.3 Å². The average molecular weight is 561 g/mol. The number of benzene rings is 2. The van der Waals surface area contributed by atoms with Crippen LogP contribution in [0.3, 0.4) is 0 Å². The summed E-state index contributed by atoms with van der Waals surface area (Å²) in [5, 5.41) is 7.74. The largest absolute Gasteiger partial charge is 0.573 e. The summed E-state index contributed by atoms with van der Waals surface area (Å²) in [7, 11) is 0. The van der Waals surface area contributed by atoms with Crippen LogP contribution in [0.15, 0.2) is 42.6 Å². The number of ether oxygens (including phenoxy) is 1. The lowest BCUT2D eigenvalue weighted by molar-refractivity contribution is -0.274. The smallest absolute Gasteiger partial charge is 0.406 e. The van der Waals surface area contributed by atoms with Gasteiger partial charge in [-0.2, -0.15) is 18.3 Å². The highest BCUT2D eigenvalue weighted by Crippen LogP contribution is 2.30. The van der Waals surface area contributed by atoms with E-state index in [1.807, 2.05) is 0 Å². The molecule has 38 heavy (non-hydrogen) atoms. The van der Waals surface area contributed by atoms with Crippen LogP contribution in [-0.2, 0) is 6.54 Å². The van der Waals surface area contributed by atoms with Crippen LogP contribution in [0.2, 0.25) is 0 Å². The Balaban J connectivity index is 1.31. The molecule has 0 aliphatic carbocycles. The molecule has 7 nitrogen and oxygen atoms in total. The van der Waals surface area contributed by atoms with Crippen LogP contribution in [0.25, 0.3) is 10.9 Å². The predicted molar refractivity (Wildman–Crippen MR) is 128 cm³/mol. The second-order valence-corrected chi connectivity index (χ2v) is 9.88. The first kappa shape index (κ1) is 27.6. The van der Waals surface area contributed by atoms with E-state index in [-0.39, 0.29) is 41.4 Å². The third-order valence-electron chi connectivity index (χ3n) is 5.93. The summed E-state index contributed by atoms with van der Waals surface area (Å²) in [6.07, 6.45) is -3.02. The van der Waals surface area contributed by atoms with E-state index >= 15 is 0 Å². The molecule has 2 amide bonds. The van der Waals surface area contributed by atoms with Gasteiger partial charge in [0.1, 0.15) is 5.75 Å². The number of hydrogen-bond donors (Lipinski definition) is 1. The van der Waals surface area contributed by atoms with Crippen molar-refractivity contribution in [3.63, 3.8) is 0 Å². The van der Waals surface area contributed by atoms with Gasteiger partial charge in [0, 0.05) is 60.6 Å². The summed E-state index contributed by atoms with van der Waals surface area (Å²) in [4.78, 5) is 26.6. The number of likely N-dealkylation sites (tertiary alicyclic amines) is 1. The van der Waals surface area contributed by atoms with E-state index in [2.05, 4.69) is 15.2 Å². The van der Waals surface area contributed by atoms with Gasteiger partial charge in [-0.1, -0.05) is 0 Å². The molecule has 0 unspecified atom stereocenters. The number of fused-ring (bicyclic) bond motifs is 1. The first-order valence-corrected chi connectivity index (χ1v) is 12.4. The third-order valence-corrected chi connectivity index (χ3v) is 6.66. The second-order valence-electron chi connectivity index (χ2n) is 8.72. The molecule has 0 bridgehead atoms. The number of nitrogens with one attached hydrogen (secondary N) is 1. The van der Waals surface area contributed by atoms with Crippen molar-refractivity contribution in [1.82, 2.24) is 20.0 Å². The SMILES string of the molecule is Cc1c(C(=O)NCCSC(F)(F)F)ccc2nn(CC3CN(C(=O)c4ccc(OC(F)(F)F)cc4)C3)cc12. The summed E-state index contributed by atoms with van der Waals surface area (Å²) in [6, 6.07) is 7.99. The maximum atomic E-state index is 12.6. The highest BCUT2D eigenvalue weighted by atomic mass is 32.2. The second kappa shape index (κ2) is 10.8. The number of halogens is 6. The van der Waals surface area contributed by atoms with Crippen molar-refractivity contribution in [2.45, 2.75) is 25.3 Å². The lowest BCUT2D eigenvalue weighted by Gasteiger charge is -2.39. The Morgan fingerprint density at radius 1 is 1.08 bits per heavy atom. The van der Waals surface area contributed by atoms with Crippen molar-refractivity contribution >= 4 is 34.5 Å². The van der Waals surface area contributed by atoms with E-state index in [9.17, 15) is 35.9 Å². The summed E-state index contributed by atoms with van der Waals surface area (Å²) < 4.78 is 79.2. The number of alkyl halides is 6. The minimum atomic E-state index is -4.81. The van der Waals surface area contributed by atoms with Crippen LogP contribution in [0.5, 0.6) is 5.75 Å². The molecule has 2 heterocycles. The maximum absolute atomic E-state index is 12.6. The van der Waals surface area contributed by atoms with Crippen LogP contribution in [0.4, 0.5) is 26.3 Å². The number of nitrogens with zero attached hydrogens (tertiary/aromatic N) is 3. The van der Waals surface area contributed by atoms with Gasteiger partial charge in [0.05, 0.1) is 5.52 Å². The molecule has 1 saturated heterocycles. The van der Waals surface area contributed by atoms with Gasteiger partial charge in [-0.25, -0.2) is 0 Å². The van der Waals surface area contributed by atoms with Gasteiger partial charge < -0.3 is 15.0 Å². The zero-order valence-corrected chi connectivity index (χ0v) is 20.7. The molecule has 1 aliphatic rings. The fourth-order valence-electron chi connectivity index (χ4n) is 4.14. The molecule has 1 fully saturated rings. The Bertz CT molecular complexity index is 1320. The minimum Gasteiger partial charge on any atom is -0.406 e. The number of hydrogen-bond acceptors (Lipinski definition) is 5. The lowest BCUT2D eigenvalue weighted by Crippen LogP contribution is -2.51. The first-order chi connectivity index (χ1) is 17.8. The number of aryl methyl sites for hydroxylation is 1. The molecule has 0 saturated carbocycles. The average Bonchev–Trinajstić information content (AvgIpc) is 3.21. The van der Waals surface area contributed by atoms with Crippen molar-refractivity contribution in [2.24, 2.45) is 5.92 Å². The molecule has 1 aromatic heterocycles. The monoisotopic (exact) mass is 560 g/mol. The van der Waals surface area contributed by atoms with Crippen LogP contribution < -0.4 is 10.1 Å². The van der Waals surface area contributed by atoms with Crippen LogP contribution in [0, 0.1) is 12.8 Å². The summed E-state index contributed by atoms with van der Waals surface area (Å²) in [5.74, 6) is -1.35. The number of amides is 2. The normalized spacial score (nSPS) is 14.4. The van der Waals surface area contributed by atoms with Crippen LogP contribution in [0.1, 0.15) is 26.3 Å². The topological polar surface area (TPSA) is 76.5 Å². The minimum absolute atomic E-state index is 0.107. The zero-order chi connectivity index (χ0) is 27.7. The number of rotatable bonds is 8. The van der Waals surface area contributed by atoms with E-state index in [4.69, 9.17) is 0 Å². The van der Waals surface area contributed by atoms with Gasteiger partial charge in [-0.3, -0.25) is 14.3 Å². The van der Waals surface area contributed by atoms with Gasteiger partial charge in [0.25, 0.3) is 11.8 Å². The van der Waals surface area contributed by atoms with Gasteiger partial charge in [0.2, 0.25) is 0 Å². The maximum Gasteiger partial charge on any atom is 0.573 e. The van der Waals surface area contributed by atoms with Crippen molar-refractivity contribution in [3.8, 4) is 5.75 Å². The number of carbonyl (C=O) groups is 2. The van der Waals surface area contributed by atoms with Gasteiger partial charge >= 0.3 is 11.9 Å². The van der Waals surface area contributed by atoms with E-state index in [0.717, 1.165) is 17.5 Å². The molecule has 1 aliphatic heterocycles. The molecular formula is C24H22F6N4O3S. The molecule has 1 N–H and O–H groups in total. The summed E-state index contributed by atoms with van der Waals surface area (Å²) in [6.45, 7) is 3.01. The Kier molecular flexibility index (Phi) is 7.81. The van der Waals surface area contributed by atoms with Gasteiger partial charge in [0.15, 0.2) is 0 Å². The fourth-order valence-corrected chi connectivity index (χ4v) is 4.58. The lowest BCUT2D eigenvalue weighted by atomic mass is 9.99. The number of thioether (sulfide) groups is 1. The molecule has 0 radical (unpaired) electrons. The Hall–Kier alpha value is -3.42. The fraction of sp³-hybridized carbons (Fsp3) is 0.375. The molecule has 0 spiro atoms. The third kappa shape index (κ3) is 6.91. The molecule has 4 rings (SSSR count). The first-order valence-electron chi connectivity index (χ1n) is 11.4. The zero-order valence-electron chi connectivity index (χ0n) is 19.9. The molecule has 3 aromatic rings. The molecule has 14 heteroatoms. The summed E-state index contributed by atoms with van der Waals surface area (Å²) >= 11 is -0.198. The predicted octanol–water partition coefficient (Wildman–Crippen LogP) is 5.00. The number of carbonyl (C=O) groups excluding carboxylic acids is 2. The standard InChI is InChI=1S/C24H22F6N4O3S/c1-14-18(21(35)31-8-9-38-24(28,29)30)6-7-20-19(14)13-34(32-20)12-15-10-33(11-15)22(36)16-2-4-17(5-3-16)37-23(25,26)27/h2-7,13,15H,8-12H2,1H3,(H,31,35). The Morgan fingerprint density at radius 2 is 1.76 bits per heavy atom. The molecular weight excluding hydrogens is 538 g/mol. The van der Waals surface area contributed by atoms with Crippen LogP contribution >= 0.6 is 11.8 Å². The van der Waals surface area contributed by atoms with Crippen LogP contribution in [-0.4, -0.2) is 63.8 Å². The van der Waals surface area contributed by atoms with Crippen molar-refractivity contribution in [1.29, 1.82) is 0 Å². The summed E-state index contributed by atoms with van der Waals surface area (Å²) in [5.41, 5.74) is -2.44. The van der Waals surface area contributed by atoms with Crippen molar-refractivity contribution < 1.29 is 40.7 Å². The quantitative estimate of drug-likeness (QED) is 0.310. The van der Waals surface area contributed by atoms with E-state index < -0.39 is 23.5 Å². The van der Waals surface area contributed by atoms with Crippen molar-refractivity contribution in [2.75, 3.05) is 25.4 Å². The van der Waals surface area contributed by atoms with Crippen molar-refractivity contribution in [3.05, 3.63) is 59.3 Å². The number of aromatic nitrogens is 2.